The number of halogens is 3. The summed E-state index contributed by atoms with van der Waals surface area (Å²) in [6, 6.07) is 5.25. The molecule has 7 heteroatoms. The minimum Gasteiger partial charge on any atom is -0.356 e. The second-order valence-corrected chi connectivity index (χ2v) is 5.53. The quantitative estimate of drug-likeness (QED) is 0.458. The molecule has 4 nitrogen and oxygen atoms in total. The highest BCUT2D eigenvalue weighted by Gasteiger charge is 2.29. The molecule has 1 aromatic carbocycles. The van der Waals surface area contributed by atoms with Crippen molar-refractivity contribution in [2.24, 2.45) is 4.99 Å². The largest absolute Gasteiger partial charge is 0.416 e. The Balaban J connectivity index is 2.31. The van der Waals surface area contributed by atoms with Gasteiger partial charge in [0.05, 0.1) is 5.56 Å². The number of aliphatic imine (C=N–C) groups is 1. The molecule has 0 atom stereocenters. The minimum atomic E-state index is -4.28. The summed E-state index contributed by atoms with van der Waals surface area (Å²) >= 11 is 0. The number of guanidine groups is 1. The number of nitrogens with zero attached hydrogens (tertiary/aromatic N) is 2. The Labute approximate surface area is 135 Å². The number of alkyl halides is 3. The lowest BCUT2D eigenvalue weighted by molar-refractivity contribution is -0.137. The fourth-order valence-electron chi connectivity index (χ4n) is 2.01. The molecule has 2 N–H and O–H groups in total. The molecule has 0 saturated heterocycles. The normalized spacial score (nSPS) is 12.6. The molecule has 0 saturated carbocycles. The van der Waals surface area contributed by atoms with Crippen molar-refractivity contribution in [1.82, 2.24) is 15.5 Å². The maximum Gasteiger partial charge on any atom is 0.416 e. The van der Waals surface area contributed by atoms with Gasteiger partial charge >= 0.3 is 6.18 Å². The number of rotatable bonds is 7. The van der Waals surface area contributed by atoms with E-state index in [1.165, 1.54) is 12.1 Å². The van der Waals surface area contributed by atoms with Crippen LogP contribution in [-0.2, 0) is 12.6 Å². The third-order valence-electron chi connectivity index (χ3n) is 3.29. The van der Waals surface area contributed by atoms with Crippen molar-refractivity contribution in [3.8, 4) is 0 Å². The van der Waals surface area contributed by atoms with Gasteiger partial charge in [-0.2, -0.15) is 13.2 Å². The zero-order chi connectivity index (χ0) is 17.3. The Bertz CT molecular complexity index is 481. The zero-order valence-electron chi connectivity index (χ0n) is 13.9. The monoisotopic (exact) mass is 330 g/mol. The van der Waals surface area contributed by atoms with Gasteiger partial charge in [-0.25, -0.2) is 0 Å². The van der Waals surface area contributed by atoms with Gasteiger partial charge in [-0.1, -0.05) is 12.1 Å². The molecule has 0 radical (unpaired) electrons. The first kappa shape index (κ1) is 19.3. The summed E-state index contributed by atoms with van der Waals surface area (Å²) in [5, 5.41) is 6.36. The van der Waals surface area contributed by atoms with E-state index in [0.717, 1.165) is 37.2 Å². The van der Waals surface area contributed by atoms with E-state index >= 15 is 0 Å². The topological polar surface area (TPSA) is 39.7 Å². The van der Waals surface area contributed by atoms with E-state index in [0.29, 0.717) is 18.9 Å². The molecule has 0 aliphatic rings. The van der Waals surface area contributed by atoms with Crippen LogP contribution in [0.3, 0.4) is 0 Å². The Hall–Kier alpha value is -1.76. The number of hydrogen-bond donors (Lipinski definition) is 2. The van der Waals surface area contributed by atoms with Crippen molar-refractivity contribution < 1.29 is 13.2 Å². The molecule has 0 aromatic heterocycles. The van der Waals surface area contributed by atoms with Gasteiger partial charge in [-0.3, -0.25) is 4.99 Å². The Morgan fingerprint density at radius 2 is 1.70 bits per heavy atom. The van der Waals surface area contributed by atoms with Crippen LogP contribution in [0.15, 0.2) is 29.3 Å². The summed E-state index contributed by atoms with van der Waals surface area (Å²) in [6.45, 7) is 2.42. The summed E-state index contributed by atoms with van der Waals surface area (Å²) < 4.78 is 37.4. The molecule has 130 valence electrons. The fourth-order valence-corrected chi connectivity index (χ4v) is 2.01. The van der Waals surface area contributed by atoms with E-state index in [9.17, 15) is 13.2 Å². The van der Waals surface area contributed by atoms with Gasteiger partial charge in [-0.15, -0.1) is 0 Å². The molecule has 0 bridgehead atoms. The van der Waals surface area contributed by atoms with Crippen LogP contribution in [0.2, 0.25) is 0 Å². The second kappa shape index (κ2) is 9.39. The van der Waals surface area contributed by atoms with Crippen LogP contribution < -0.4 is 10.6 Å². The van der Waals surface area contributed by atoms with Gasteiger partial charge in [0.25, 0.3) is 0 Å². The minimum absolute atomic E-state index is 0.610. The van der Waals surface area contributed by atoms with Crippen molar-refractivity contribution in [2.45, 2.75) is 19.0 Å². The Kier molecular flexibility index (Phi) is 7.88. The molecular formula is C16H25F3N4. The van der Waals surface area contributed by atoms with E-state index in [1.807, 2.05) is 14.1 Å². The highest BCUT2D eigenvalue weighted by atomic mass is 19.4. The summed E-state index contributed by atoms with van der Waals surface area (Å²) in [5.74, 6) is 0.704. The number of hydrogen-bond acceptors (Lipinski definition) is 2. The Morgan fingerprint density at radius 1 is 1.09 bits per heavy atom. The number of nitrogens with one attached hydrogen (secondary N) is 2. The van der Waals surface area contributed by atoms with Gasteiger partial charge in [0.2, 0.25) is 0 Å². The van der Waals surface area contributed by atoms with Gasteiger partial charge in [0, 0.05) is 20.1 Å². The van der Waals surface area contributed by atoms with E-state index in [1.54, 1.807) is 7.05 Å². The lowest BCUT2D eigenvalue weighted by Crippen LogP contribution is -2.39. The second-order valence-electron chi connectivity index (χ2n) is 5.53. The first-order valence-corrected chi connectivity index (χ1v) is 7.58. The molecule has 0 amide bonds. The molecule has 0 fully saturated rings. The van der Waals surface area contributed by atoms with Gasteiger partial charge in [0.15, 0.2) is 5.96 Å². The van der Waals surface area contributed by atoms with Crippen molar-refractivity contribution >= 4 is 5.96 Å². The van der Waals surface area contributed by atoms with Crippen LogP contribution in [-0.4, -0.2) is 51.6 Å². The van der Waals surface area contributed by atoms with Crippen molar-refractivity contribution in [2.75, 3.05) is 40.8 Å². The predicted molar refractivity (Wildman–Crippen MR) is 87.7 cm³/mol. The summed E-state index contributed by atoms with van der Waals surface area (Å²) in [6.07, 6.45) is -2.64. The van der Waals surface area contributed by atoms with Gasteiger partial charge in [-0.05, 0) is 51.2 Å². The van der Waals surface area contributed by atoms with Crippen molar-refractivity contribution in [1.29, 1.82) is 0 Å². The highest BCUT2D eigenvalue weighted by molar-refractivity contribution is 5.79. The van der Waals surface area contributed by atoms with Crippen LogP contribution in [0, 0.1) is 0 Å². The van der Waals surface area contributed by atoms with E-state index in [2.05, 4.69) is 20.5 Å². The summed E-state index contributed by atoms with van der Waals surface area (Å²) in [7, 11) is 5.74. The average molecular weight is 330 g/mol. The Morgan fingerprint density at radius 3 is 2.22 bits per heavy atom. The molecule has 0 aliphatic carbocycles. The van der Waals surface area contributed by atoms with Crippen LogP contribution in [0.25, 0.3) is 0 Å². The third kappa shape index (κ3) is 7.88. The zero-order valence-corrected chi connectivity index (χ0v) is 13.9. The van der Waals surface area contributed by atoms with Gasteiger partial charge < -0.3 is 15.5 Å². The fraction of sp³-hybridized carbons (Fsp3) is 0.562. The van der Waals surface area contributed by atoms with E-state index < -0.39 is 11.7 Å². The SMILES string of the molecule is CN=C(NCCCN(C)C)NCCc1ccc(C(F)(F)F)cc1. The molecule has 1 rings (SSSR count). The lowest BCUT2D eigenvalue weighted by atomic mass is 10.1. The lowest BCUT2D eigenvalue weighted by Gasteiger charge is -2.13. The maximum absolute atomic E-state index is 12.5. The summed E-state index contributed by atoms with van der Waals surface area (Å²) in [4.78, 5) is 6.23. The van der Waals surface area contributed by atoms with Crippen LogP contribution in [0.4, 0.5) is 13.2 Å². The van der Waals surface area contributed by atoms with E-state index in [-0.39, 0.29) is 0 Å². The average Bonchev–Trinajstić information content (AvgIpc) is 2.49. The van der Waals surface area contributed by atoms with Crippen LogP contribution >= 0.6 is 0 Å². The summed E-state index contributed by atoms with van der Waals surface area (Å²) in [5.41, 5.74) is 0.237. The van der Waals surface area contributed by atoms with E-state index in [4.69, 9.17) is 0 Å². The maximum atomic E-state index is 12.5. The first-order valence-electron chi connectivity index (χ1n) is 7.58. The third-order valence-corrected chi connectivity index (χ3v) is 3.29. The smallest absolute Gasteiger partial charge is 0.356 e. The number of benzene rings is 1. The molecule has 0 spiro atoms. The van der Waals surface area contributed by atoms with Crippen molar-refractivity contribution in [3.05, 3.63) is 35.4 Å². The molecule has 0 aliphatic heterocycles. The van der Waals surface area contributed by atoms with Gasteiger partial charge in [0.1, 0.15) is 0 Å². The van der Waals surface area contributed by atoms with Crippen LogP contribution in [0.5, 0.6) is 0 Å². The molecule has 23 heavy (non-hydrogen) atoms. The van der Waals surface area contributed by atoms with Crippen molar-refractivity contribution in [3.63, 3.8) is 0 Å². The molecule has 0 unspecified atom stereocenters. The molecule has 0 heterocycles. The first-order chi connectivity index (χ1) is 10.8. The predicted octanol–water partition coefficient (Wildman–Crippen LogP) is 2.36. The molecular weight excluding hydrogens is 305 g/mol. The highest BCUT2D eigenvalue weighted by Crippen LogP contribution is 2.29. The standard InChI is InChI=1S/C16H25F3N4/c1-20-15(21-10-4-12-23(2)3)22-11-9-13-5-7-14(8-6-13)16(17,18)19/h5-8H,4,9-12H2,1-3H3,(H2,20,21,22). The van der Waals surface area contributed by atoms with Crippen LogP contribution in [0.1, 0.15) is 17.5 Å². The molecule has 1 aromatic rings.